The maximum Gasteiger partial charge on any atom is 0.284 e. The average molecular weight is 488 g/mol. The largest absolute Gasteiger partial charge is 0.497 e. The van der Waals surface area contributed by atoms with Crippen molar-refractivity contribution in [2.75, 3.05) is 12.4 Å². The number of hydrogen-bond donors (Lipinski definition) is 2. The van der Waals surface area contributed by atoms with Crippen LogP contribution in [0.1, 0.15) is 0 Å². The Kier molecular flexibility index (Phi) is 5.62. The van der Waals surface area contributed by atoms with E-state index in [9.17, 15) is 4.79 Å². The number of anilines is 2. The van der Waals surface area contributed by atoms with E-state index >= 15 is 0 Å². The van der Waals surface area contributed by atoms with Crippen molar-refractivity contribution >= 4 is 17.4 Å². The molecule has 9 nitrogen and oxygen atoms in total. The van der Waals surface area contributed by atoms with E-state index in [0.29, 0.717) is 40.0 Å². The Bertz CT molecular complexity index is 1730. The highest BCUT2D eigenvalue weighted by Gasteiger charge is 2.23. The third-order valence-corrected chi connectivity index (χ3v) is 6.00. The van der Waals surface area contributed by atoms with Gasteiger partial charge in [0.25, 0.3) is 5.56 Å². The zero-order valence-corrected chi connectivity index (χ0v) is 19.8. The Morgan fingerprint density at radius 3 is 2.05 bits per heavy atom. The summed E-state index contributed by atoms with van der Waals surface area (Å²) in [6.07, 6.45) is 2.78. The standard InChI is InChI=1S/C28H21N7O2/c1-37-21-14-12-19(13-15-21)23-25(33-28-30-16-29-17-31-28)32-26-22(18-8-4-2-5-9-18)24(34-35(26)27(23)36)20-10-6-3-7-11-20/h2-17,32H,1H3,(H,29,30,31,33). The van der Waals surface area contributed by atoms with Gasteiger partial charge in [0.15, 0.2) is 0 Å². The highest BCUT2D eigenvalue weighted by Crippen LogP contribution is 2.36. The molecule has 0 amide bonds. The Morgan fingerprint density at radius 1 is 0.784 bits per heavy atom. The number of aromatic nitrogens is 6. The van der Waals surface area contributed by atoms with Crippen LogP contribution in [0.3, 0.4) is 0 Å². The fraction of sp³-hybridized carbons (Fsp3) is 0.0357. The Balaban J connectivity index is 1.67. The molecule has 180 valence electrons. The summed E-state index contributed by atoms with van der Waals surface area (Å²) in [5.74, 6) is 1.42. The first-order valence-electron chi connectivity index (χ1n) is 11.6. The maximum absolute atomic E-state index is 14.1. The number of ether oxygens (including phenoxy) is 1. The van der Waals surface area contributed by atoms with E-state index in [4.69, 9.17) is 9.84 Å². The fourth-order valence-electron chi connectivity index (χ4n) is 4.29. The number of nitrogens with one attached hydrogen (secondary N) is 2. The average Bonchev–Trinajstić information content (AvgIpc) is 3.35. The van der Waals surface area contributed by atoms with Gasteiger partial charge in [-0.1, -0.05) is 72.8 Å². The first kappa shape index (κ1) is 22.2. The number of benzene rings is 3. The van der Waals surface area contributed by atoms with Crippen molar-refractivity contribution in [3.8, 4) is 39.3 Å². The first-order valence-corrected chi connectivity index (χ1v) is 11.6. The molecule has 0 aliphatic heterocycles. The van der Waals surface area contributed by atoms with Crippen LogP contribution in [0.5, 0.6) is 5.75 Å². The minimum Gasteiger partial charge on any atom is -0.497 e. The summed E-state index contributed by atoms with van der Waals surface area (Å²) in [6.45, 7) is 0. The number of hydrogen-bond acceptors (Lipinski definition) is 7. The van der Waals surface area contributed by atoms with Gasteiger partial charge in [0.2, 0.25) is 5.95 Å². The molecule has 3 aromatic carbocycles. The number of fused-ring (bicyclic) bond motifs is 1. The van der Waals surface area contributed by atoms with E-state index in [1.165, 1.54) is 17.2 Å². The molecule has 9 heteroatoms. The van der Waals surface area contributed by atoms with Gasteiger partial charge in [-0.2, -0.15) is 9.61 Å². The van der Waals surface area contributed by atoms with E-state index < -0.39 is 0 Å². The summed E-state index contributed by atoms with van der Waals surface area (Å²) >= 11 is 0. The van der Waals surface area contributed by atoms with Crippen LogP contribution in [-0.4, -0.2) is 36.7 Å². The van der Waals surface area contributed by atoms with Gasteiger partial charge in [0.05, 0.1) is 18.2 Å². The second kappa shape index (κ2) is 9.38. The molecule has 37 heavy (non-hydrogen) atoms. The second-order valence-electron chi connectivity index (χ2n) is 8.21. The van der Waals surface area contributed by atoms with E-state index in [2.05, 4.69) is 25.3 Å². The summed E-state index contributed by atoms with van der Waals surface area (Å²) in [7, 11) is 1.60. The molecule has 0 unspecified atom stereocenters. The number of methoxy groups -OCH3 is 1. The Morgan fingerprint density at radius 2 is 1.41 bits per heavy atom. The summed E-state index contributed by atoms with van der Waals surface area (Å²) in [5, 5.41) is 7.98. The van der Waals surface area contributed by atoms with Crippen LogP contribution in [-0.2, 0) is 0 Å². The lowest BCUT2D eigenvalue weighted by Crippen LogP contribution is -2.20. The van der Waals surface area contributed by atoms with Crippen molar-refractivity contribution in [1.82, 2.24) is 29.5 Å². The molecule has 0 bridgehead atoms. The van der Waals surface area contributed by atoms with Gasteiger partial charge in [-0.15, -0.1) is 0 Å². The number of aromatic amines is 1. The molecule has 3 heterocycles. The van der Waals surface area contributed by atoms with Gasteiger partial charge in [0.1, 0.15) is 35.6 Å². The topological polar surface area (TPSA) is 110 Å². The van der Waals surface area contributed by atoms with Crippen LogP contribution in [0.2, 0.25) is 0 Å². The summed E-state index contributed by atoms with van der Waals surface area (Å²) in [6, 6.07) is 26.9. The predicted molar refractivity (Wildman–Crippen MR) is 142 cm³/mol. The molecule has 0 fully saturated rings. The van der Waals surface area contributed by atoms with Crippen LogP contribution < -0.4 is 15.6 Å². The molecule has 0 spiro atoms. The molecule has 0 saturated heterocycles. The second-order valence-corrected chi connectivity index (χ2v) is 8.21. The van der Waals surface area contributed by atoms with Gasteiger partial charge in [-0.05, 0) is 23.3 Å². The predicted octanol–water partition coefficient (Wildman–Crippen LogP) is 4.96. The quantitative estimate of drug-likeness (QED) is 0.342. The zero-order chi connectivity index (χ0) is 25.2. The molecule has 6 rings (SSSR count). The van der Waals surface area contributed by atoms with E-state index in [1.807, 2.05) is 72.8 Å². The van der Waals surface area contributed by atoms with Crippen LogP contribution in [0.4, 0.5) is 11.8 Å². The Hall–Kier alpha value is -5.31. The van der Waals surface area contributed by atoms with Crippen molar-refractivity contribution < 1.29 is 4.74 Å². The fourth-order valence-corrected chi connectivity index (χ4v) is 4.29. The SMILES string of the molecule is COc1ccc(-c2c(Nc3ncncn3)[nH]c3c(-c4ccccc4)c(-c4ccccc4)nn3c2=O)cc1. The van der Waals surface area contributed by atoms with Crippen molar-refractivity contribution in [1.29, 1.82) is 0 Å². The molecular formula is C28H21N7O2. The first-order chi connectivity index (χ1) is 18.2. The summed E-state index contributed by atoms with van der Waals surface area (Å²) < 4.78 is 6.72. The van der Waals surface area contributed by atoms with E-state index in [1.54, 1.807) is 19.2 Å². The zero-order valence-electron chi connectivity index (χ0n) is 19.8. The molecule has 6 aromatic rings. The van der Waals surface area contributed by atoms with Gasteiger partial charge in [-0.25, -0.2) is 15.0 Å². The molecular weight excluding hydrogens is 466 g/mol. The van der Waals surface area contributed by atoms with Crippen molar-refractivity contribution in [3.63, 3.8) is 0 Å². The minimum atomic E-state index is -0.296. The summed E-state index contributed by atoms with van der Waals surface area (Å²) in [5.41, 5.74) is 4.64. The van der Waals surface area contributed by atoms with Crippen molar-refractivity contribution in [2.24, 2.45) is 0 Å². The third kappa shape index (κ3) is 4.08. The van der Waals surface area contributed by atoms with Gasteiger partial charge in [0, 0.05) is 5.56 Å². The third-order valence-electron chi connectivity index (χ3n) is 6.00. The monoisotopic (exact) mass is 487 g/mol. The van der Waals surface area contributed by atoms with Crippen molar-refractivity contribution in [3.05, 3.63) is 108 Å². The number of nitrogens with zero attached hydrogens (tertiary/aromatic N) is 5. The van der Waals surface area contributed by atoms with E-state index in [-0.39, 0.29) is 5.56 Å². The number of H-pyrrole nitrogens is 1. The van der Waals surface area contributed by atoms with Crippen LogP contribution in [0.15, 0.2) is 102 Å². The highest BCUT2D eigenvalue weighted by molar-refractivity contribution is 5.92. The smallest absolute Gasteiger partial charge is 0.284 e. The van der Waals surface area contributed by atoms with Crippen molar-refractivity contribution in [2.45, 2.75) is 0 Å². The molecule has 0 aliphatic rings. The lowest BCUT2D eigenvalue weighted by atomic mass is 10.0. The van der Waals surface area contributed by atoms with E-state index in [0.717, 1.165) is 16.7 Å². The van der Waals surface area contributed by atoms with Crippen LogP contribution >= 0.6 is 0 Å². The molecule has 0 saturated carbocycles. The Labute approximate surface area is 211 Å². The molecule has 0 atom stereocenters. The molecule has 2 N–H and O–H groups in total. The minimum absolute atomic E-state index is 0.296. The molecule has 3 aromatic heterocycles. The summed E-state index contributed by atoms with van der Waals surface area (Å²) in [4.78, 5) is 29.8. The van der Waals surface area contributed by atoms with Crippen LogP contribution in [0, 0.1) is 0 Å². The lowest BCUT2D eigenvalue weighted by Gasteiger charge is -2.12. The van der Waals surface area contributed by atoms with Gasteiger partial charge < -0.3 is 15.0 Å². The maximum atomic E-state index is 14.1. The van der Waals surface area contributed by atoms with Gasteiger partial charge >= 0.3 is 0 Å². The molecule has 0 radical (unpaired) electrons. The van der Waals surface area contributed by atoms with Gasteiger partial charge in [-0.3, -0.25) is 4.79 Å². The van der Waals surface area contributed by atoms with Crippen LogP contribution in [0.25, 0.3) is 39.2 Å². The molecule has 0 aliphatic carbocycles. The number of rotatable bonds is 6. The normalized spacial score (nSPS) is 10.9. The highest BCUT2D eigenvalue weighted by atomic mass is 16.5. The lowest BCUT2D eigenvalue weighted by molar-refractivity contribution is 0.415.